The van der Waals surface area contributed by atoms with Crippen LogP contribution in [0, 0.1) is 5.92 Å². The van der Waals surface area contributed by atoms with Crippen LogP contribution in [0.3, 0.4) is 0 Å². The molecule has 2 heterocycles. The molecular formula is C24H34Cl2N4O2. The summed E-state index contributed by atoms with van der Waals surface area (Å²) in [5, 5.41) is 7.93. The minimum absolute atomic E-state index is 0. The van der Waals surface area contributed by atoms with Crippen LogP contribution in [0.5, 0.6) is 0 Å². The monoisotopic (exact) mass is 480 g/mol. The third kappa shape index (κ3) is 6.40. The largest absolute Gasteiger partial charge is 0.351 e. The van der Waals surface area contributed by atoms with E-state index in [0.29, 0.717) is 23.1 Å². The molecule has 1 aromatic heterocycles. The Bertz CT molecular complexity index is 924. The first kappa shape index (κ1) is 24.9. The molecule has 32 heavy (non-hydrogen) atoms. The molecule has 2 aliphatic rings. The fraction of sp³-hybridized carbons (Fsp3) is 0.583. The second kappa shape index (κ2) is 11.4. The van der Waals surface area contributed by atoms with Crippen molar-refractivity contribution in [3.63, 3.8) is 0 Å². The van der Waals surface area contributed by atoms with E-state index < -0.39 is 0 Å². The quantitative estimate of drug-likeness (QED) is 0.568. The molecule has 3 N–H and O–H groups in total. The Labute approximate surface area is 201 Å². The van der Waals surface area contributed by atoms with Gasteiger partial charge in [0.25, 0.3) is 5.91 Å². The molecule has 2 amide bonds. The van der Waals surface area contributed by atoms with E-state index in [0.717, 1.165) is 56.1 Å². The highest BCUT2D eigenvalue weighted by atomic mass is 35.5. The molecule has 2 atom stereocenters. The van der Waals surface area contributed by atoms with Gasteiger partial charge < -0.3 is 20.5 Å². The van der Waals surface area contributed by atoms with Crippen molar-refractivity contribution in [1.29, 1.82) is 0 Å². The van der Waals surface area contributed by atoms with Crippen LogP contribution in [0.1, 0.15) is 61.9 Å². The smallest absolute Gasteiger partial charge is 0.268 e. The van der Waals surface area contributed by atoms with Crippen molar-refractivity contribution in [3.05, 3.63) is 35.0 Å². The van der Waals surface area contributed by atoms with Crippen molar-refractivity contribution in [3.8, 4) is 0 Å². The van der Waals surface area contributed by atoms with Crippen LogP contribution in [0.2, 0.25) is 5.02 Å². The maximum absolute atomic E-state index is 12.9. The zero-order valence-electron chi connectivity index (χ0n) is 18.7. The molecule has 0 radical (unpaired) electrons. The molecule has 1 saturated heterocycles. The molecule has 2 fully saturated rings. The number of carbonyl (C=O) groups excluding carboxylic acids is 2. The Morgan fingerprint density at radius 1 is 1.06 bits per heavy atom. The number of rotatable bonds is 6. The standard InChI is InChI=1S/C24H33ClN4O2.ClH/c1-29-12-10-16(11-13-29)6-9-23(30)27-20-4-2-3-5-21(20)28-24(31)22-15-17-14-18(25)7-8-19(17)26-22;/h7-8,14-16,20-21,26H,2-6,9-13H2,1H3,(H,27,30)(H,28,31);1H/t20-,21+;/m0./s1. The summed E-state index contributed by atoms with van der Waals surface area (Å²) in [5.41, 5.74) is 1.41. The molecule has 4 rings (SSSR count). The van der Waals surface area contributed by atoms with Crippen LogP contribution in [0.25, 0.3) is 10.9 Å². The van der Waals surface area contributed by atoms with E-state index in [-0.39, 0.29) is 36.3 Å². The fourth-order valence-corrected chi connectivity index (χ4v) is 5.09. The Hall–Kier alpha value is -1.76. The molecule has 176 valence electrons. The van der Waals surface area contributed by atoms with Gasteiger partial charge in [-0.15, -0.1) is 12.4 Å². The van der Waals surface area contributed by atoms with Gasteiger partial charge >= 0.3 is 0 Å². The maximum atomic E-state index is 12.9. The van der Waals surface area contributed by atoms with Crippen molar-refractivity contribution < 1.29 is 9.59 Å². The first-order chi connectivity index (χ1) is 15.0. The number of nitrogens with zero attached hydrogens (tertiary/aromatic N) is 1. The maximum Gasteiger partial charge on any atom is 0.268 e. The molecule has 2 aromatic rings. The summed E-state index contributed by atoms with van der Waals surface area (Å²) < 4.78 is 0. The highest BCUT2D eigenvalue weighted by Crippen LogP contribution is 2.23. The van der Waals surface area contributed by atoms with Crippen molar-refractivity contribution in [2.75, 3.05) is 20.1 Å². The number of amides is 2. The number of aromatic nitrogens is 1. The van der Waals surface area contributed by atoms with Gasteiger partial charge in [-0.05, 0) is 82.4 Å². The summed E-state index contributed by atoms with van der Waals surface area (Å²) in [6.45, 7) is 2.26. The van der Waals surface area contributed by atoms with Crippen LogP contribution in [0.4, 0.5) is 0 Å². The van der Waals surface area contributed by atoms with Gasteiger partial charge in [0.15, 0.2) is 0 Å². The molecular weight excluding hydrogens is 447 g/mol. The van der Waals surface area contributed by atoms with Crippen LogP contribution in [0.15, 0.2) is 24.3 Å². The Morgan fingerprint density at radius 2 is 1.75 bits per heavy atom. The van der Waals surface area contributed by atoms with Gasteiger partial charge in [0, 0.05) is 34.4 Å². The van der Waals surface area contributed by atoms with Gasteiger partial charge in [-0.1, -0.05) is 24.4 Å². The van der Waals surface area contributed by atoms with E-state index >= 15 is 0 Å². The van der Waals surface area contributed by atoms with Crippen LogP contribution >= 0.6 is 24.0 Å². The lowest BCUT2D eigenvalue weighted by Gasteiger charge is -2.33. The fourth-order valence-electron chi connectivity index (χ4n) is 4.91. The van der Waals surface area contributed by atoms with Gasteiger partial charge in [-0.25, -0.2) is 0 Å². The summed E-state index contributed by atoms with van der Waals surface area (Å²) in [4.78, 5) is 31.0. The summed E-state index contributed by atoms with van der Waals surface area (Å²) in [7, 11) is 2.16. The predicted octanol–water partition coefficient (Wildman–Crippen LogP) is 4.52. The molecule has 8 heteroatoms. The molecule has 1 aliphatic carbocycles. The van der Waals surface area contributed by atoms with Crippen LogP contribution in [-0.4, -0.2) is 53.9 Å². The highest BCUT2D eigenvalue weighted by Gasteiger charge is 2.29. The number of hydrogen-bond donors (Lipinski definition) is 3. The van der Waals surface area contributed by atoms with Gasteiger partial charge in [0.05, 0.1) is 0 Å². The Kier molecular flexibility index (Phi) is 8.86. The van der Waals surface area contributed by atoms with Crippen molar-refractivity contribution in [2.45, 2.75) is 63.5 Å². The third-order valence-electron chi connectivity index (χ3n) is 6.87. The number of carbonyl (C=O) groups is 2. The lowest BCUT2D eigenvalue weighted by atomic mass is 9.89. The highest BCUT2D eigenvalue weighted by molar-refractivity contribution is 6.31. The number of H-pyrrole nitrogens is 1. The Balaban J connectivity index is 0.00000289. The van der Waals surface area contributed by atoms with E-state index in [1.54, 1.807) is 6.07 Å². The lowest BCUT2D eigenvalue weighted by Crippen LogP contribution is -2.53. The first-order valence-electron chi connectivity index (χ1n) is 11.5. The van der Waals surface area contributed by atoms with Crippen LogP contribution in [-0.2, 0) is 4.79 Å². The van der Waals surface area contributed by atoms with Crippen molar-refractivity contribution in [1.82, 2.24) is 20.5 Å². The Morgan fingerprint density at radius 3 is 2.47 bits per heavy atom. The number of halogens is 2. The topological polar surface area (TPSA) is 77.2 Å². The minimum Gasteiger partial charge on any atom is -0.351 e. The number of hydrogen-bond acceptors (Lipinski definition) is 3. The number of fused-ring (bicyclic) bond motifs is 1. The first-order valence-corrected chi connectivity index (χ1v) is 11.9. The van der Waals surface area contributed by atoms with E-state index in [4.69, 9.17) is 11.6 Å². The minimum atomic E-state index is -0.134. The number of aromatic amines is 1. The molecule has 0 bridgehead atoms. The second-order valence-electron chi connectivity index (χ2n) is 9.24. The zero-order chi connectivity index (χ0) is 21.8. The zero-order valence-corrected chi connectivity index (χ0v) is 20.2. The molecule has 0 spiro atoms. The SMILES string of the molecule is CN1CCC(CCC(=O)N[C@H]2CCCC[C@H]2NC(=O)c2cc3cc(Cl)ccc3[nH]2)CC1.Cl. The molecule has 1 aliphatic heterocycles. The van der Waals surface area contributed by atoms with Crippen molar-refractivity contribution in [2.24, 2.45) is 5.92 Å². The summed E-state index contributed by atoms with van der Waals surface area (Å²) >= 11 is 6.06. The summed E-state index contributed by atoms with van der Waals surface area (Å²) in [5.74, 6) is 0.634. The van der Waals surface area contributed by atoms with Gasteiger partial charge in [-0.2, -0.15) is 0 Å². The lowest BCUT2D eigenvalue weighted by molar-refractivity contribution is -0.122. The van der Waals surface area contributed by atoms with E-state index in [1.807, 2.05) is 18.2 Å². The summed E-state index contributed by atoms with van der Waals surface area (Å²) in [6, 6.07) is 7.32. The number of nitrogens with one attached hydrogen (secondary N) is 3. The molecule has 6 nitrogen and oxygen atoms in total. The van der Waals surface area contributed by atoms with Crippen molar-refractivity contribution >= 4 is 46.7 Å². The van der Waals surface area contributed by atoms with E-state index in [1.165, 1.54) is 12.8 Å². The predicted molar refractivity (Wildman–Crippen MR) is 132 cm³/mol. The second-order valence-corrected chi connectivity index (χ2v) is 9.67. The number of likely N-dealkylation sites (tertiary alicyclic amines) is 1. The number of benzene rings is 1. The average Bonchev–Trinajstić information content (AvgIpc) is 3.18. The van der Waals surface area contributed by atoms with E-state index in [9.17, 15) is 9.59 Å². The van der Waals surface area contributed by atoms with Gasteiger partial charge in [0.1, 0.15) is 5.69 Å². The third-order valence-corrected chi connectivity index (χ3v) is 7.11. The van der Waals surface area contributed by atoms with Crippen LogP contribution < -0.4 is 10.6 Å². The van der Waals surface area contributed by atoms with Gasteiger partial charge in [0.2, 0.25) is 5.91 Å². The normalized spacial score (nSPS) is 22.3. The van der Waals surface area contributed by atoms with E-state index in [2.05, 4.69) is 27.6 Å². The molecule has 0 unspecified atom stereocenters. The number of piperidine rings is 1. The summed E-state index contributed by atoms with van der Waals surface area (Å²) in [6.07, 6.45) is 7.84. The molecule has 1 aromatic carbocycles. The van der Waals surface area contributed by atoms with Gasteiger partial charge in [-0.3, -0.25) is 9.59 Å². The average molecular weight is 481 g/mol. The molecule has 1 saturated carbocycles.